The molecule has 1 saturated carbocycles. The molecule has 1 spiro atoms. The number of amides is 3. The van der Waals surface area contributed by atoms with E-state index in [0.717, 1.165) is 10.6 Å². The number of rotatable bonds is 1. The Morgan fingerprint density at radius 2 is 2.05 bits per heavy atom. The van der Waals surface area contributed by atoms with E-state index in [0.29, 0.717) is 18.5 Å². The summed E-state index contributed by atoms with van der Waals surface area (Å²) in [7, 11) is 0. The van der Waals surface area contributed by atoms with Crippen molar-refractivity contribution in [1.82, 2.24) is 5.32 Å². The van der Waals surface area contributed by atoms with Crippen molar-refractivity contribution in [1.29, 1.82) is 0 Å². The average molecular weight is 303 g/mol. The minimum Gasteiger partial charge on any atom is -0.392 e. The molecule has 0 bridgehead atoms. The highest BCUT2D eigenvalue weighted by atomic mass is 19.1. The lowest BCUT2D eigenvalue weighted by Gasteiger charge is -2.21. The Morgan fingerprint density at radius 1 is 1.32 bits per heavy atom. The van der Waals surface area contributed by atoms with E-state index in [4.69, 9.17) is 4.84 Å². The van der Waals surface area contributed by atoms with Crippen molar-refractivity contribution < 1.29 is 18.8 Å². The monoisotopic (exact) mass is 303 g/mol. The molecule has 1 N–H and O–H groups in total. The summed E-state index contributed by atoms with van der Waals surface area (Å²) in [6.07, 6.45) is 0.716. The molecule has 2 fully saturated rings. The lowest BCUT2D eigenvalue weighted by Crippen LogP contribution is -2.45. The quantitative estimate of drug-likeness (QED) is 0.804. The van der Waals surface area contributed by atoms with Crippen LogP contribution in [0.4, 0.5) is 14.9 Å². The van der Waals surface area contributed by atoms with Gasteiger partial charge in [-0.1, -0.05) is 5.16 Å². The summed E-state index contributed by atoms with van der Waals surface area (Å²) in [5.41, 5.74) is 0.270. The third kappa shape index (κ3) is 1.68. The average Bonchev–Trinajstić information content (AvgIpc) is 3.08. The van der Waals surface area contributed by atoms with Crippen LogP contribution in [0.5, 0.6) is 0 Å². The molecule has 3 amide bonds. The van der Waals surface area contributed by atoms with Gasteiger partial charge in [-0.15, -0.1) is 0 Å². The van der Waals surface area contributed by atoms with E-state index in [9.17, 15) is 14.0 Å². The van der Waals surface area contributed by atoms with Crippen LogP contribution in [0.15, 0.2) is 29.4 Å². The van der Waals surface area contributed by atoms with Crippen molar-refractivity contribution in [3.05, 3.63) is 30.1 Å². The van der Waals surface area contributed by atoms with Gasteiger partial charge in [-0.2, -0.15) is 0 Å². The van der Waals surface area contributed by atoms with Gasteiger partial charge in [0.25, 0.3) is 5.91 Å². The standard InChI is InChI=1S/C15H14FN3O3/c1-8-11-6-15(7-12(11)22-18-8)13(20)19(14(21)17-15)10-4-2-9(16)3-5-10/h2-5,11-12H,6-7H2,1H3,(H,17,21)/t11-,12-,15-/m0/s1. The normalized spacial score (nSPS) is 33.0. The van der Waals surface area contributed by atoms with Gasteiger partial charge < -0.3 is 10.2 Å². The van der Waals surface area contributed by atoms with Gasteiger partial charge in [0.2, 0.25) is 0 Å². The molecule has 22 heavy (non-hydrogen) atoms. The van der Waals surface area contributed by atoms with Crippen molar-refractivity contribution in [2.45, 2.75) is 31.4 Å². The van der Waals surface area contributed by atoms with Crippen molar-refractivity contribution in [2.24, 2.45) is 11.1 Å². The van der Waals surface area contributed by atoms with E-state index < -0.39 is 17.4 Å². The Labute approximate surface area is 125 Å². The third-order valence-corrected chi connectivity index (χ3v) is 4.68. The molecule has 0 unspecified atom stereocenters. The summed E-state index contributed by atoms with van der Waals surface area (Å²) in [6.45, 7) is 1.86. The molecule has 114 valence electrons. The van der Waals surface area contributed by atoms with Crippen LogP contribution < -0.4 is 10.2 Å². The number of imide groups is 1. The Balaban J connectivity index is 1.66. The number of hydrogen-bond donors (Lipinski definition) is 1. The van der Waals surface area contributed by atoms with Crippen LogP contribution in [-0.2, 0) is 9.63 Å². The van der Waals surface area contributed by atoms with Crippen LogP contribution >= 0.6 is 0 Å². The summed E-state index contributed by atoms with van der Waals surface area (Å²) < 4.78 is 13.0. The van der Waals surface area contributed by atoms with Crippen LogP contribution in [0, 0.1) is 11.7 Å². The van der Waals surface area contributed by atoms with E-state index >= 15 is 0 Å². The van der Waals surface area contributed by atoms with Gasteiger partial charge >= 0.3 is 6.03 Å². The highest BCUT2D eigenvalue weighted by Gasteiger charge is 2.61. The number of benzene rings is 1. The van der Waals surface area contributed by atoms with Crippen LogP contribution in [-0.4, -0.2) is 29.3 Å². The van der Waals surface area contributed by atoms with Gasteiger partial charge in [0.15, 0.2) is 0 Å². The maximum absolute atomic E-state index is 13.0. The number of urea groups is 1. The molecule has 1 aromatic carbocycles. The largest absolute Gasteiger partial charge is 0.392 e. The first kappa shape index (κ1) is 13.2. The number of anilines is 1. The van der Waals surface area contributed by atoms with Gasteiger partial charge in [-0.3, -0.25) is 4.79 Å². The lowest BCUT2D eigenvalue weighted by atomic mass is 9.94. The van der Waals surface area contributed by atoms with Crippen LogP contribution in [0.25, 0.3) is 0 Å². The van der Waals surface area contributed by atoms with Gasteiger partial charge in [-0.25, -0.2) is 14.1 Å². The zero-order valence-electron chi connectivity index (χ0n) is 11.9. The first-order valence-electron chi connectivity index (χ1n) is 7.13. The fourth-order valence-electron chi connectivity index (χ4n) is 3.54. The predicted molar refractivity (Wildman–Crippen MR) is 75.9 cm³/mol. The van der Waals surface area contributed by atoms with Gasteiger partial charge in [0, 0.05) is 12.3 Å². The lowest BCUT2D eigenvalue weighted by molar-refractivity contribution is -0.122. The number of fused-ring (bicyclic) bond motifs is 1. The molecular formula is C15H14FN3O3. The van der Waals surface area contributed by atoms with E-state index in [-0.39, 0.29) is 17.9 Å². The van der Waals surface area contributed by atoms with Crippen molar-refractivity contribution in [2.75, 3.05) is 4.90 Å². The summed E-state index contributed by atoms with van der Waals surface area (Å²) in [5, 5.41) is 6.74. The Kier molecular flexibility index (Phi) is 2.58. The minimum atomic E-state index is -0.946. The summed E-state index contributed by atoms with van der Waals surface area (Å²) in [4.78, 5) is 31.5. The number of nitrogens with zero attached hydrogens (tertiary/aromatic N) is 2. The number of nitrogens with one attached hydrogen (secondary N) is 1. The fraction of sp³-hybridized carbons (Fsp3) is 0.400. The smallest absolute Gasteiger partial charge is 0.329 e. The Morgan fingerprint density at radius 3 is 2.73 bits per heavy atom. The number of carbonyl (C=O) groups is 2. The van der Waals surface area contributed by atoms with Crippen molar-refractivity contribution in [3.63, 3.8) is 0 Å². The molecule has 0 aromatic heterocycles. The molecule has 2 aliphatic heterocycles. The van der Waals surface area contributed by atoms with Crippen molar-refractivity contribution >= 4 is 23.3 Å². The molecule has 3 atom stereocenters. The van der Waals surface area contributed by atoms with E-state index in [1.54, 1.807) is 0 Å². The number of oxime groups is 1. The second kappa shape index (κ2) is 4.28. The van der Waals surface area contributed by atoms with Crippen LogP contribution in [0.3, 0.4) is 0 Å². The van der Waals surface area contributed by atoms with Gasteiger partial charge in [0.1, 0.15) is 17.5 Å². The predicted octanol–water partition coefficient (Wildman–Crippen LogP) is 1.81. The molecule has 1 saturated heterocycles. The van der Waals surface area contributed by atoms with Crippen molar-refractivity contribution in [3.8, 4) is 0 Å². The molecule has 7 heteroatoms. The van der Waals surface area contributed by atoms with Crippen LogP contribution in [0.1, 0.15) is 19.8 Å². The molecule has 4 rings (SSSR count). The maximum atomic E-state index is 13.0. The summed E-state index contributed by atoms with van der Waals surface area (Å²) in [5.74, 6) is -0.673. The van der Waals surface area contributed by atoms with Gasteiger partial charge in [-0.05, 0) is 37.6 Å². The number of halogens is 1. The van der Waals surface area contributed by atoms with E-state index in [2.05, 4.69) is 10.5 Å². The molecular weight excluding hydrogens is 289 g/mol. The number of carbonyl (C=O) groups excluding carboxylic acids is 2. The zero-order valence-corrected chi connectivity index (χ0v) is 11.9. The highest BCUT2D eigenvalue weighted by Crippen LogP contribution is 2.44. The Hall–Kier alpha value is -2.44. The molecule has 2 heterocycles. The highest BCUT2D eigenvalue weighted by molar-refractivity contribution is 6.23. The maximum Gasteiger partial charge on any atom is 0.329 e. The van der Waals surface area contributed by atoms with E-state index in [1.165, 1.54) is 24.3 Å². The second-order valence-corrected chi connectivity index (χ2v) is 6.02. The molecule has 3 aliphatic rings. The topological polar surface area (TPSA) is 71.0 Å². The first-order valence-corrected chi connectivity index (χ1v) is 7.13. The Bertz CT molecular complexity index is 702. The van der Waals surface area contributed by atoms with E-state index in [1.807, 2.05) is 6.92 Å². The first-order chi connectivity index (χ1) is 10.5. The number of hydrogen-bond acceptors (Lipinski definition) is 4. The SMILES string of the molecule is CC1=NO[C@H]2C[C@]3(C[C@@H]12)NC(=O)N(c1ccc(F)cc1)C3=O. The fourth-order valence-corrected chi connectivity index (χ4v) is 3.54. The zero-order chi connectivity index (χ0) is 15.5. The molecule has 6 nitrogen and oxygen atoms in total. The van der Waals surface area contributed by atoms with Gasteiger partial charge in [0.05, 0.1) is 11.4 Å². The molecule has 1 aliphatic carbocycles. The molecule has 1 aromatic rings. The second-order valence-electron chi connectivity index (χ2n) is 6.02. The molecule has 0 radical (unpaired) electrons. The summed E-state index contributed by atoms with van der Waals surface area (Å²) >= 11 is 0. The third-order valence-electron chi connectivity index (χ3n) is 4.68. The minimum absolute atomic E-state index is 0.0532. The summed E-state index contributed by atoms with van der Waals surface area (Å²) in [6, 6.07) is 4.82. The van der Waals surface area contributed by atoms with Crippen LogP contribution in [0.2, 0.25) is 0 Å².